The van der Waals surface area contributed by atoms with Crippen LogP contribution in [0.5, 0.6) is 0 Å². The molecule has 0 heterocycles. The third kappa shape index (κ3) is 5.45. The smallest absolute Gasteiger partial charge is 0.270 e. The molecule has 4 atom stereocenters. The molecule has 4 aliphatic rings. The predicted molar refractivity (Wildman–Crippen MR) is 154 cm³/mol. The molecule has 208 valence electrons. The SMILES string of the molecule is C/N=C(/C(=O)N[C@H]1C2(C)CC[C@H](C2)C1(C)C)C1=C(NC2CCCCC2)C(Cc2cccc(F)c2)CCCC1. The number of nitrogens with one attached hydrogen (secondary N) is 2. The highest BCUT2D eigenvalue weighted by atomic mass is 19.1. The van der Waals surface area contributed by atoms with Crippen LogP contribution in [0.1, 0.15) is 103 Å². The number of allylic oxidation sites excluding steroid dienone is 1. The van der Waals surface area contributed by atoms with Gasteiger partial charge in [0.2, 0.25) is 0 Å². The van der Waals surface area contributed by atoms with Crippen molar-refractivity contribution in [2.24, 2.45) is 27.7 Å². The molecule has 4 aliphatic carbocycles. The van der Waals surface area contributed by atoms with Gasteiger partial charge in [-0.2, -0.15) is 0 Å². The van der Waals surface area contributed by atoms with Gasteiger partial charge in [0, 0.05) is 36.3 Å². The predicted octanol–water partition coefficient (Wildman–Crippen LogP) is 7.14. The number of amides is 1. The van der Waals surface area contributed by atoms with Crippen molar-refractivity contribution in [2.45, 2.75) is 116 Å². The lowest BCUT2D eigenvalue weighted by Crippen LogP contribution is -2.54. The van der Waals surface area contributed by atoms with Crippen LogP contribution in [-0.4, -0.2) is 30.8 Å². The number of aliphatic imine (C=N–C) groups is 1. The van der Waals surface area contributed by atoms with Gasteiger partial charge in [0.15, 0.2) is 0 Å². The zero-order chi connectivity index (χ0) is 26.9. The van der Waals surface area contributed by atoms with Gasteiger partial charge >= 0.3 is 0 Å². The van der Waals surface area contributed by atoms with E-state index in [4.69, 9.17) is 0 Å². The Morgan fingerprint density at radius 1 is 1.05 bits per heavy atom. The minimum atomic E-state index is -0.181. The average molecular weight is 522 g/mol. The molecule has 0 aliphatic heterocycles. The van der Waals surface area contributed by atoms with Crippen LogP contribution in [0.2, 0.25) is 0 Å². The van der Waals surface area contributed by atoms with E-state index >= 15 is 0 Å². The number of nitrogens with zero attached hydrogens (tertiary/aromatic N) is 1. The highest BCUT2D eigenvalue weighted by Crippen LogP contribution is 2.62. The van der Waals surface area contributed by atoms with Crippen molar-refractivity contribution in [3.63, 3.8) is 0 Å². The molecule has 3 saturated carbocycles. The number of carbonyl (C=O) groups is 1. The maximum Gasteiger partial charge on any atom is 0.270 e. The molecule has 0 saturated heterocycles. The van der Waals surface area contributed by atoms with Gasteiger partial charge in [-0.25, -0.2) is 4.39 Å². The first-order valence-electron chi connectivity index (χ1n) is 15.2. The number of hydrogen-bond acceptors (Lipinski definition) is 3. The molecular formula is C33H48FN3O. The topological polar surface area (TPSA) is 53.5 Å². The number of fused-ring (bicyclic) bond motifs is 2. The summed E-state index contributed by atoms with van der Waals surface area (Å²) < 4.78 is 14.1. The molecule has 5 rings (SSSR count). The summed E-state index contributed by atoms with van der Waals surface area (Å²) in [4.78, 5) is 18.7. The first-order valence-corrected chi connectivity index (χ1v) is 15.2. The van der Waals surface area contributed by atoms with E-state index in [0.29, 0.717) is 17.7 Å². The van der Waals surface area contributed by atoms with Crippen LogP contribution < -0.4 is 10.6 Å². The first-order chi connectivity index (χ1) is 18.2. The first kappa shape index (κ1) is 27.4. The van der Waals surface area contributed by atoms with Crippen molar-refractivity contribution in [1.29, 1.82) is 0 Å². The molecule has 2 N–H and O–H groups in total. The molecule has 0 spiro atoms. The summed E-state index contributed by atoms with van der Waals surface area (Å²) in [7, 11) is 1.78. The zero-order valence-corrected chi connectivity index (χ0v) is 24.0. The van der Waals surface area contributed by atoms with Crippen LogP contribution in [0.15, 0.2) is 40.5 Å². The standard InChI is InChI=1S/C33H48FN3O/c1-32(2)24-17-18-33(3,21-24)31(32)37-30(38)29(35-4)27-16-9-8-12-23(19-22-11-10-13-25(34)20-22)28(27)36-26-14-6-5-7-15-26/h10-11,13,20,23-24,26,31,36H,5-9,12,14-19,21H2,1-4H3,(H,37,38)/b35-29+/t23?,24-,31-,33?/m1/s1. The Morgan fingerprint density at radius 3 is 2.50 bits per heavy atom. The number of benzene rings is 1. The molecule has 1 aromatic rings. The lowest BCUT2D eigenvalue weighted by atomic mass is 9.68. The average Bonchev–Trinajstić information content (AvgIpc) is 3.30. The summed E-state index contributed by atoms with van der Waals surface area (Å²) in [6.07, 6.45) is 14.7. The quantitative estimate of drug-likeness (QED) is 0.375. The van der Waals surface area contributed by atoms with E-state index in [2.05, 4.69) is 36.4 Å². The summed E-state index contributed by atoms with van der Waals surface area (Å²) >= 11 is 0. The second-order valence-corrected chi connectivity index (χ2v) is 13.5. The maximum atomic E-state index is 14.1. The third-order valence-corrected chi connectivity index (χ3v) is 10.6. The summed E-state index contributed by atoms with van der Waals surface area (Å²) in [6.45, 7) is 7.04. The minimum absolute atomic E-state index is 0.0105. The van der Waals surface area contributed by atoms with Gasteiger partial charge in [-0.1, -0.05) is 58.6 Å². The zero-order valence-electron chi connectivity index (χ0n) is 24.0. The highest BCUT2D eigenvalue weighted by molar-refractivity contribution is 6.45. The van der Waals surface area contributed by atoms with Crippen LogP contribution in [0.25, 0.3) is 0 Å². The molecule has 38 heavy (non-hydrogen) atoms. The molecule has 0 aromatic heterocycles. The van der Waals surface area contributed by atoms with Crippen molar-refractivity contribution in [1.82, 2.24) is 10.6 Å². The normalized spacial score (nSPS) is 31.8. The van der Waals surface area contributed by atoms with Crippen molar-refractivity contribution in [3.8, 4) is 0 Å². The molecule has 5 heteroatoms. The Morgan fingerprint density at radius 2 is 1.82 bits per heavy atom. The minimum Gasteiger partial charge on any atom is -0.385 e. The fraction of sp³-hybridized carbons (Fsp3) is 0.697. The fourth-order valence-electron chi connectivity index (χ4n) is 8.52. The van der Waals surface area contributed by atoms with Gasteiger partial charge in [-0.15, -0.1) is 0 Å². The molecule has 0 radical (unpaired) electrons. The van der Waals surface area contributed by atoms with Crippen LogP contribution in [-0.2, 0) is 11.2 Å². The number of hydrogen-bond donors (Lipinski definition) is 2. The fourth-order valence-corrected chi connectivity index (χ4v) is 8.52. The molecule has 1 aromatic carbocycles. The van der Waals surface area contributed by atoms with E-state index in [1.54, 1.807) is 13.1 Å². The highest BCUT2D eigenvalue weighted by Gasteiger charge is 2.59. The number of rotatable bonds is 7. The van der Waals surface area contributed by atoms with E-state index in [1.165, 1.54) is 63.1 Å². The van der Waals surface area contributed by atoms with E-state index < -0.39 is 0 Å². The molecule has 2 unspecified atom stereocenters. The lowest BCUT2D eigenvalue weighted by molar-refractivity contribution is -0.117. The Hall–Kier alpha value is -2.17. The Bertz CT molecular complexity index is 1080. The summed E-state index contributed by atoms with van der Waals surface area (Å²) in [5.41, 5.74) is 4.20. The van der Waals surface area contributed by atoms with Crippen LogP contribution in [0.3, 0.4) is 0 Å². The van der Waals surface area contributed by atoms with Crippen LogP contribution >= 0.6 is 0 Å². The number of carbonyl (C=O) groups excluding carboxylic acids is 1. The Kier molecular flexibility index (Phi) is 8.03. The van der Waals surface area contributed by atoms with Crippen molar-refractivity contribution in [3.05, 3.63) is 46.9 Å². The summed E-state index contributed by atoms with van der Waals surface area (Å²) in [5.74, 6) is 0.719. The maximum absolute atomic E-state index is 14.1. The van der Waals surface area contributed by atoms with Gasteiger partial charge < -0.3 is 10.6 Å². The Labute approximate surface area is 229 Å². The molecule has 3 fully saturated rings. The summed E-state index contributed by atoms with van der Waals surface area (Å²) in [6, 6.07) is 7.63. The van der Waals surface area contributed by atoms with E-state index in [0.717, 1.165) is 43.2 Å². The second-order valence-electron chi connectivity index (χ2n) is 13.5. The molecule has 1 amide bonds. The third-order valence-electron chi connectivity index (χ3n) is 10.6. The van der Waals surface area contributed by atoms with Gasteiger partial charge in [-0.05, 0) is 92.2 Å². The summed E-state index contributed by atoms with van der Waals surface area (Å²) in [5, 5.41) is 7.50. The molecular weight excluding hydrogens is 473 g/mol. The van der Waals surface area contributed by atoms with Crippen molar-refractivity contribution in [2.75, 3.05) is 7.05 Å². The van der Waals surface area contributed by atoms with Gasteiger partial charge in [0.1, 0.15) is 11.5 Å². The Balaban J connectivity index is 1.47. The van der Waals surface area contributed by atoms with Gasteiger partial charge in [0.05, 0.1) is 0 Å². The van der Waals surface area contributed by atoms with Gasteiger partial charge in [-0.3, -0.25) is 9.79 Å². The van der Waals surface area contributed by atoms with Crippen LogP contribution in [0, 0.1) is 28.5 Å². The monoisotopic (exact) mass is 521 g/mol. The van der Waals surface area contributed by atoms with Gasteiger partial charge in [0.25, 0.3) is 5.91 Å². The molecule has 4 nitrogen and oxygen atoms in total. The van der Waals surface area contributed by atoms with E-state index in [9.17, 15) is 9.18 Å². The van der Waals surface area contributed by atoms with E-state index in [1.807, 2.05) is 12.1 Å². The van der Waals surface area contributed by atoms with E-state index in [-0.39, 0.29) is 34.5 Å². The van der Waals surface area contributed by atoms with Crippen molar-refractivity contribution < 1.29 is 9.18 Å². The van der Waals surface area contributed by atoms with Crippen LogP contribution in [0.4, 0.5) is 4.39 Å². The lowest BCUT2D eigenvalue weighted by Gasteiger charge is -2.43. The second kappa shape index (κ2) is 11.1. The largest absolute Gasteiger partial charge is 0.385 e. The number of halogens is 1. The molecule has 2 bridgehead atoms. The van der Waals surface area contributed by atoms with Crippen molar-refractivity contribution >= 4 is 11.6 Å².